The number of thiophene rings is 1. The van der Waals surface area contributed by atoms with Crippen LogP contribution < -0.4 is 10.6 Å². The van der Waals surface area contributed by atoms with Crippen molar-refractivity contribution in [2.24, 2.45) is 7.05 Å². The molecule has 19 heavy (non-hydrogen) atoms. The second-order valence-corrected chi connectivity index (χ2v) is 5.99. The summed E-state index contributed by atoms with van der Waals surface area (Å²) in [5.74, 6) is 1.03. The van der Waals surface area contributed by atoms with Crippen molar-refractivity contribution in [3.63, 3.8) is 0 Å². The van der Waals surface area contributed by atoms with Gasteiger partial charge in [-0.25, -0.2) is 0 Å². The molecule has 2 rings (SSSR count). The van der Waals surface area contributed by atoms with Crippen LogP contribution in [-0.2, 0) is 20.0 Å². The molecule has 0 aliphatic rings. The molecule has 2 heterocycles. The summed E-state index contributed by atoms with van der Waals surface area (Å²) in [6.45, 7) is 7.33. The third kappa shape index (κ3) is 2.76. The van der Waals surface area contributed by atoms with E-state index in [1.165, 1.54) is 4.88 Å². The van der Waals surface area contributed by atoms with Crippen LogP contribution in [0.5, 0.6) is 0 Å². The van der Waals surface area contributed by atoms with Crippen LogP contribution in [-0.4, -0.2) is 15.8 Å². The van der Waals surface area contributed by atoms with E-state index in [9.17, 15) is 0 Å². The minimum atomic E-state index is 0.379. The molecule has 0 atom stereocenters. The molecule has 0 aliphatic heterocycles. The fourth-order valence-corrected chi connectivity index (χ4v) is 2.96. The maximum atomic E-state index is 6.26. The van der Waals surface area contributed by atoms with Crippen LogP contribution in [0.4, 0.5) is 11.5 Å². The molecule has 0 unspecified atom stereocenters. The summed E-state index contributed by atoms with van der Waals surface area (Å²) >= 11 is 1.78. The third-order valence-corrected chi connectivity index (χ3v) is 4.13. The van der Waals surface area contributed by atoms with Crippen molar-refractivity contribution in [2.45, 2.75) is 39.8 Å². The van der Waals surface area contributed by atoms with Gasteiger partial charge < -0.3 is 10.6 Å². The van der Waals surface area contributed by atoms with E-state index >= 15 is 0 Å². The number of nitrogen functional groups attached to an aromatic ring is 1. The molecule has 0 saturated heterocycles. The first kappa shape index (κ1) is 13.9. The fourth-order valence-electron chi connectivity index (χ4n) is 2.26. The number of aryl methyl sites for hydroxylation is 2. The maximum absolute atomic E-state index is 6.26. The highest BCUT2D eigenvalue weighted by Gasteiger charge is 2.21. The van der Waals surface area contributed by atoms with Gasteiger partial charge in [-0.2, -0.15) is 5.10 Å². The summed E-state index contributed by atoms with van der Waals surface area (Å²) in [4.78, 5) is 3.65. The minimum absolute atomic E-state index is 0.379. The molecule has 0 saturated carbocycles. The minimum Gasteiger partial charge on any atom is -0.394 e. The van der Waals surface area contributed by atoms with Crippen LogP contribution in [0, 0.1) is 0 Å². The lowest BCUT2D eigenvalue weighted by atomic mass is 10.2. The summed E-state index contributed by atoms with van der Waals surface area (Å²) < 4.78 is 1.90. The largest absolute Gasteiger partial charge is 0.394 e. The van der Waals surface area contributed by atoms with Crippen LogP contribution in [0.15, 0.2) is 17.5 Å². The van der Waals surface area contributed by atoms with Gasteiger partial charge in [0.2, 0.25) is 0 Å². The predicted octanol–water partition coefficient (Wildman–Crippen LogP) is 3.04. The Balaban J connectivity index is 2.36. The Kier molecular flexibility index (Phi) is 4.14. The molecule has 2 aromatic heterocycles. The SMILES string of the molecule is CCc1nn(C)c(N(Cc2cccs2)C(C)C)c1N. The molecule has 5 heteroatoms. The van der Waals surface area contributed by atoms with Gasteiger partial charge in [0, 0.05) is 18.0 Å². The van der Waals surface area contributed by atoms with Gasteiger partial charge in [0.05, 0.1) is 17.9 Å². The van der Waals surface area contributed by atoms with Gasteiger partial charge in [-0.1, -0.05) is 13.0 Å². The van der Waals surface area contributed by atoms with E-state index in [0.717, 1.165) is 30.2 Å². The summed E-state index contributed by atoms with van der Waals surface area (Å²) in [6, 6.07) is 4.63. The van der Waals surface area contributed by atoms with Crippen molar-refractivity contribution in [1.29, 1.82) is 0 Å². The Hall–Kier alpha value is -1.49. The van der Waals surface area contributed by atoms with Gasteiger partial charge in [-0.3, -0.25) is 4.68 Å². The van der Waals surface area contributed by atoms with E-state index in [4.69, 9.17) is 5.73 Å². The lowest BCUT2D eigenvalue weighted by molar-refractivity contribution is 0.637. The van der Waals surface area contributed by atoms with Crippen LogP contribution in [0.2, 0.25) is 0 Å². The van der Waals surface area contributed by atoms with Gasteiger partial charge in [0.25, 0.3) is 0 Å². The summed E-state index contributed by atoms with van der Waals surface area (Å²) in [6.07, 6.45) is 0.866. The van der Waals surface area contributed by atoms with Crippen molar-refractivity contribution in [2.75, 3.05) is 10.6 Å². The zero-order valence-electron chi connectivity index (χ0n) is 12.1. The first-order chi connectivity index (χ1) is 9.04. The highest BCUT2D eigenvalue weighted by molar-refractivity contribution is 7.09. The van der Waals surface area contributed by atoms with E-state index in [2.05, 4.69) is 48.3 Å². The van der Waals surface area contributed by atoms with E-state index in [0.29, 0.717) is 6.04 Å². The quantitative estimate of drug-likeness (QED) is 0.914. The number of hydrogen-bond acceptors (Lipinski definition) is 4. The standard InChI is InChI=1S/C14H22N4S/c1-5-12-13(15)14(17(4)16-12)18(10(2)3)9-11-7-6-8-19-11/h6-8,10H,5,9,15H2,1-4H3. The van der Waals surface area contributed by atoms with Crippen molar-refractivity contribution < 1.29 is 0 Å². The zero-order valence-corrected chi connectivity index (χ0v) is 12.9. The van der Waals surface area contributed by atoms with Crippen LogP contribution in [0.25, 0.3) is 0 Å². The molecule has 0 amide bonds. The van der Waals surface area contributed by atoms with Gasteiger partial charge in [0.1, 0.15) is 0 Å². The second-order valence-electron chi connectivity index (χ2n) is 4.96. The Morgan fingerprint density at radius 2 is 2.21 bits per heavy atom. The molecule has 0 radical (unpaired) electrons. The van der Waals surface area contributed by atoms with Crippen molar-refractivity contribution >= 4 is 22.8 Å². The molecule has 0 spiro atoms. The first-order valence-corrected chi connectivity index (χ1v) is 7.52. The monoisotopic (exact) mass is 278 g/mol. The Labute approximate surface area is 118 Å². The van der Waals surface area contributed by atoms with E-state index in [-0.39, 0.29) is 0 Å². The van der Waals surface area contributed by atoms with Gasteiger partial charge in [-0.15, -0.1) is 11.3 Å². The van der Waals surface area contributed by atoms with Crippen molar-refractivity contribution in [1.82, 2.24) is 9.78 Å². The molecule has 2 aromatic rings. The van der Waals surface area contributed by atoms with E-state index in [1.54, 1.807) is 11.3 Å². The number of hydrogen-bond donors (Lipinski definition) is 1. The van der Waals surface area contributed by atoms with Gasteiger partial charge in [0.15, 0.2) is 5.82 Å². The number of nitrogens with two attached hydrogens (primary N) is 1. The molecule has 0 bridgehead atoms. The van der Waals surface area contributed by atoms with E-state index < -0.39 is 0 Å². The molecular formula is C14H22N4S. The maximum Gasteiger partial charge on any atom is 0.150 e. The van der Waals surface area contributed by atoms with Gasteiger partial charge >= 0.3 is 0 Å². The predicted molar refractivity (Wildman–Crippen MR) is 82.6 cm³/mol. The van der Waals surface area contributed by atoms with Crippen molar-refractivity contribution in [3.05, 3.63) is 28.1 Å². The fraction of sp³-hybridized carbons (Fsp3) is 0.500. The summed E-state index contributed by atoms with van der Waals surface area (Å²) in [7, 11) is 1.97. The highest BCUT2D eigenvalue weighted by Crippen LogP contribution is 2.30. The lowest BCUT2D eigenvalue weighted by Crippen LogP contribution is -2.32. The van der Waals surface area contributed by atoms with E-state index in [1.807, 2.05) is 11.7 Å². The molecule has 2 N–H and O–H groups in total. The summed E-state index contributed by atoms with van der Waals surface area (Å²) in [5.41, 5.74) is 8.06. The highest BCUT2D eigenvalue weighted by atomic mass is 32.1. The third-order valence-electron chi connectivity index (χ3n) is 3.27. The normalized spacial score (nSPS) is 11.2. The average molecular weight is 278 g/mol. The van der Waals surface area contributed by atoms with Crippen LogP contribution in [0.3, 0.4) is 0 Å². The smallest absolute Gasteiger partial charge is 0.150 e. The Morgan fingerprint density at radius 1 is 1.47 bits per heavy atom. The average Bonchev–Trinajstić information content (AvgIpc) is 2.95. The Bertz CT molecular complexity index is 528. The molecule has 4 nitrogen and oxygen atoms in total. The van der Waals surface area contributed by atoms with Crippen molar-refractivity contribution in [3.8, 4) is 0 Å². The van der Waals surface area contributed by atoms with Gasteiger partial charge in [-0.05, 0) is 31.7 Å². The summed E-state index contributed by atoms with van der Waals surface area (Å²) in [5, 5.41) is 6.62. The number of aromatic nitrogens is 2. The molecule has 0 fully saturated rings. The first-order valence-electron chi connectivity index (χ1n) is 6.65. The number of anilines is 2. The Morgan fingerprint density at radius 3 is 2.68 bits per heavy atom. The molecule has 104 valence electrons. The molecule has 0 aromatic carbocycles. The number of rotatable bonds is 5. The molecular weight excluding hydrogens is 256 g/mol. The topological polar surface area (TPSA) is 47.1 Å². The van der Waals surface area contributed by atoms with Crippen LogP contribution >= 0.6 is 11.3 Å². The molecule has 0 aliphatic carbocycles. The second kappa shape index (κ2) is 5.65. The van der Waals surface area contributed by atoms with Crippen LogP contribution in [0.1, 0.15) is 31.3 Å². The lowest BCUT2D eigenvalue weighted by Gasteiger charge is -2.28. The number of nitrogens with zero attached hydrogens (tertiary/aromatic N) is 3. The zero-order chi connectivity index (χ0) is 14.0.